The molecule has 1 aliphatic heterocycles. The molecule has 3 rings (SSSR count). The lowest BCUT2D eigenvalue weighted by Crippen LogP contribution is -2.38. The van der Waals surface area contributed by atoms with Gasteiger partial charge in [0.25, 0.3) is 0 Å². The van der Waals surface area contributed by atoms with Gasteiger partial charge in [0.15, 0.2) is 0 Å². The molecule has 1 atom stereocenters. The Morgan fingerprint density at radius 2 is 1.54 bits per heavy atom. The molecule has 6 heteroatoms. The summed E-state index contributed by atoms with van der Waals surface area (Å²) in [6.07, 6.45) is 4.84. The van der Waals surface area contributed by atoms with Crippen molar-refractivity contribution >= 4 is 26.0 Å². The van der Waals surface area contributed by atoms with Crippen LogP contribution >= 0.6 is 15.9 Å². The molecule has 1 aliphatic rings. The summed E-state index contributed by atoms with van der Waals surface area (Å²) >= 11 is 3.34. The fraction of sp³-hybridized carbons (Fsp3) is 0.400. The van der Waals surface area contributed by atoms with Gasteiger partial charge in [0, 0.05) is 17.1 Å². The Balaban J connectivity index is 1.78. The molecule has 1 saturated heterocycles. The summed E-state index contributed by atoms with van der Waals surface area (Å²) in [7, 11) is -3.53. The minimum Gasteiger partial charge on any atom is -0.295 e. The normalized spacial score (nSPS) is 17.6. The third-order valence-corrected chi connectivity index (χ3v) is 6.82. The van der Waals surface area contributed by atoms with Crippen LogP contribution in [0.5, 0.6) is 0 Å². The van der Waals surface area contributed by atoms with Crippen molar-refractivity contribution in [1.82, 2.24) is 9.62 Å². The lowest BCUT2D eigenvalue weighted by molar-refractivity contribution is 0.206. The van der Waals surface area contributed by atoms with Gasteiger partial charge in [0.05, 0.1) is 4.90 Å². The molecule has 0 aromatic heterocycles. The van der Waals surface area contributed by atoms with E-state index in [1.54, 1.807) is 24.3 Å². The molecule has 0 bridgehead atoms. The van der Waals surface area contributed by atoms with E-state index in [9.17, 15) is 8.42 Å². The molecule has 1 heterocycles. The van der Waals surface area contributed by atoms with E-state index in [-0.39, 0.29) is 6.04 Å². The second kappa shape index (κ2) is 9.13. The maximum atomic E-state index is 12.7. The number of rotatable bonds is 6. The van der Waals surface area contributed by atoms with Crippen molar-refractivity contribution in [1.29, 1.82) is 0 Å². The Labute approximate surface area is 164 Å². The lowest BCUT2D eigenvalue weighted by Gasteiger charge is -2.31. The molecule has 0 spiro atoms. The largest absolute Gasteiger partial charge is 0.295 e. The molecule has 0 saturated carbocycles. The van der Waals surface area contributed by atoms with Gasteiger partial charge < -0.3 is 0 Å². The van der Waals surface area contributed by atoms with Crippen molar-refractivity contribution in [3.8, 4) is 0 Å². The number of sulfonamides is 1. The SMILES string of the molecule is O=S(=O)(NCC(c1ccccc1)N1CCCCCC1)c1ccc(Br)cc1. The number of halogens is 1. The van der Waals surface area contributed by atoms with Crippen molar-refractivity contribution < 1.29 is 8.42 Å². The monoisotopic (exact) mass is 436 g/mol. The highest BCUT2D eigenvalue weighted by atomic mass is 79.9. The van der Waals surface area contributed by atoms with Crippen molar-refractivity contribution in [2.24, 2.45) is 0 Å². The number of nitrogens with one attached hydrogen (secondary N) is 1. The number of hydrogen-bond acceptors (Lipinski definition) is 3. The van der Waals surface area contributed by atoms with Crippen LogP contribution < -0.4 is 4.72 Å². The van der Waals surface area contributed by atoms with E-state index in [2.05, 4.69) is 37.7 Å². The first kappa shape index (κ1) is 19.5. The Morgan fingerprint density at radius 3 is 2.15 bits per heavy atom. The van der Waals surface area contributed by atoms with Crippen LogP contribution in [0.3, 0.4) is 0 Å². The second-order valence-corrected chi connectivity index (χ2v) is 9.37. The van der Waals surface area contributed by atoms with Gasteiger partial charge >= 0.3 is 0 Å². The summed E-state index contributed by atoms with van der Waals surface area (Å²) < 4.78 is 29.1. The molecule has 0 aliphatic carbocycles. The Kier molecular flexibility index (Phi) is 6.86. The zero-order chi connectivity index (χ0) is 18.4. The highest BCUT2D eigenvalue weighted by Gasteiger charge is 2.24. The van der Waals surface area contributed by atoms with E-state index >= 15 is 0 Å². The van der Waals surface area contributed by atoms with Crippen molar-refractivity contribution in [2.75, 3.05) is 19.6 Å². The van der Waals surface area contributed by atoms with Crippen molar-refractivity contribution in [3.05, 3.63) is 64.6 Å². The quantitative estimate of drug-likeness (QED) is 0.732. The third-order valence-electron chi connectivity index (χ3n) is 4.86. The maximum absolute atomic E-state index is 12.7. The molecule has 4 nitrogen and oxygen atoms in total. The number of benzene rings is 2. The van der Waals surface area contributed by atoms with E-state index in [0.717, 1.165) is 23.1 Å². The van der Waals surface area contributed by atoms with Crippen LogP contribution in [0.25, 0.3) is 0 Å². The summed E-state index contributed by atoms with van der Waals surface area (Å²) in [4.78, 5) is 2.72. The molecule has 2 aromatic rings. The standard InChI is InChI=1S/C20H25BrN2O2S/c21-18-10-12-19(13-11-18)26(24,25)22-16-20(17-8-4-3-5-9-17)23-14-6-1-2-7-15-23/h3-5,8-13,20,22H,1-2,6-7,14-16H2. The molecule has 0 radical (unpaired) electrons. The highest BCUT2D eigenvalue weighted by molar-refractivity contribution is 9.10. The van der Waals surface area contributed by atoms with Gasteiger partial charge in [0.1, 0.15) is 0 Å². The van der Waals surface area contributed by atoms with E-state index in [1.807, 2.05) is 18.2 Å². The van der Waals surface area contributed by atoms with E-state index in [4.69, 9.17) is 0 Å². The molecule has 1 unspecified atom stereocenters. The van der Waals surface area contributed by atoms with Gasteiger partial charge in [-0.2, -0.15) is 0 Å². The highest BCUT2D eigenvalue weighted by Crippen LogP contribution is 2.24. The maximum Gasteiger partial charge on any atom is 0.240 e. The fourth-order valence-electron chi connectivity index (χ4n) is 3.43. The van der Waals surface area contributed by atoms with Crippen LogP contribution in [-0.2, 0) is 10.0 Å². The zero-order valence-corrected chi connectivity index (χ0v) is 17.2. The average Bonchev–Trinajstić information content (AvgIpc) is 2.92. The predicted molar refractivity (Wildman–Crippen MR) is 109 cm³/mol. The molecule has 2 aromatic carbocycles. The van der Waals surface area contributed by atoms with Crippen LogP contribution in [0.15, 0.2) is 64.0 Å². The summed E-state index contributed by atoms with van der Waals surface area (Å²) in [5, 5.41) is 0. The smallest absolute Gasteiger partial charge is 0.240 e. The zero-order valence-electron chi connectivity index (χ0n) is 14.8. The van der Waals surface area contributed by atoms with E-state index < -0.39 is 10.0 Å². The Morgan fingerprint density at radius 1 is 0.923 bits per heavy atom. The van der Waals surface area contributed by atoms with Gasteiger partial charge in [-0.05, 0) is 55.8 Å². The van der Waals surface area contributed by atoms with Crippen LogP contribution in [0.2, 0.25) is 0 Å². The van der Waals surface area contributed by atoms with Gasteiger partial charge in [-0.15, -0.1) is 0 Å². The second-order valence-electron chi connectivity index (χ2n) is 6.68. The predicted octanol–water partition coefficient (Wildman–Crippen LogP) is 4.34. The van der Waals surface area contributed by atoms with E-state index in [1.165, 1.54) is 25.7 Å². The Hall–Kier alpha value is -1.21. The molecular weight excluding hydrogens is 412 g/mol. The summed E-state index contributed by atoms with van der Waals surface area (Å²) in [5.74, 6) is 0. The molecule has 26 heavy (non-hydrogen) atoms. The van der Waals surface area contributed by atoms with Gasteiger partial charge in [-0.25, -0.2) is 13.1 Å². The van der Waals surface area contributed by atoms with Gasteiger partial charge in [0.2, 0.25) is 10.0 Å². The molecule has 0 amide bonds. The number of likely N-dealkylation sites (tertiary alicyclic amines) is 1. The average molecular weight is 437 g/mol. The van der Waals surface area contributed by atoms with Crippen LogP contribution in [0.1, 0.15) is 37.3 Å². The lowest BCUT2D eigenvalue weighted by atomic mass is 10.1. The molecular formula is C20H25BrN2O2S. The topological polar surface area (TPSA) is 49.4 Å². The molecule has 1 N–H and O–H groups in total. The Bertz CT molecular complexity index is 786. The summed E-state index contributed by atoms with van der Waals surface area (Å²) in [6, 6.07) is 17.0. The van der Waals surface area contributed by atoms with Crippen LogP contribution in [0, 0.1) is 0 Å². The minimum atomic E-state index is -3.53. The number of hydrogen-bond donors (Lipinski definition) is 1. The minimum absolute atomic E-state index is 0.0551. The first-order valence-corrected chi connectivity index (χ1v) is 11.4. The first-order valence-electron chi connectivity index (χ1n) is 9.10. The molecule has 140 valence electrons. The van der Waals surface area contributed by atoms with Crippen molar-refractivity contribution in [3.63, 3.8) is 0 Å². The van der Waals surface area contributed by atoms with Crippen LogP contribution in [-0.4, -0.2) is 33.0 Å². The fourth-order valence-corrected chi connectivity index (χ4v) is 4.73. The third kappa shape index (κ3) is 5.16. The van der Waals surface area contributed by atoms with Gasteiger partial charge in [-0.1, -0.05) is 59.1 Å². The number of nitrogens with zero attached hydrogens (tertiary/aromatic N) is 1. The first-order chi connectivity index (χ1) is 12.6. The van der Waals surface area contributed by atoms with Crippen molar-refractivity contribution in [2.45, 2.75) is 36.6 Å². The van der Waals surface area contributed by atoms with Gasteiger partial charge in [-0.3, -0.25) is 4.90 Å². The van der Waals surface area contributed by atoms with Crippen LogP contribution in [0.4, 0.5) is 0 Å². The molecule has 1 fully saturated rings. The van der Waals surface area contributed by atoms with E-state index in [0.29, 0.717) is 11.4 Å². The summed E-state index contributed by atoms with van der Waals surface area (Å²) in [5.41, 5.74) is 1.16. The summed E-state index contributed by atoms with van der Waals surface area (Å²) in [6.45, 7) is 2.40.